The topological polar surface area (TPSA) is 59.1 Å². The number of ether oxygens (including phenoxy) is 2. The molecule has 0 aromatic heterocycles. The van der Waals surface area contributed by atoms with Crippen molar-refractivity contribution in [3.05, 3.63) is 24.3 Å². The molecule has 2 amide bonds. The van der Waals surface area contributed by atoms with Crippen LogP contribution in [0.2, 0.25) is 0 Å². The van der Waals surface area contributed by atoms with Crippen LogP contribution in [0.3, 0.4) is 0 Å². The van der Waals surface area contributed by atoms with Gasteiger partial charge >= 0.3 is 0 Å². The van der Waals surface area contributed by atoms with Gasteiger partial charge in [0.1, 0.15) is 12.3 Å². The smallest absolute Gasteiger partial charge is 0.268 e. The summed E-state index contributed by atoms with van der Waals surface area (Å²) in [6.45, 7) is 6.75. The number of nitrogens with zero attached hydrogens (tertiary/aromatic N) is 2. The van der Waals surface area contributed by atoms with E-state index in [1.807, 2.05) is 32.0 Å². The molecule has 1 aromatic rings. The Morgan fingerprint density at radius 2 is 1.83 bits per heavy atom. The van der Waals surface area contributed by atoms with Crippen molar-refractivity contribution in [3.63, 3.8) is 0 Å². The molecule has 1 aromatic carbocycles. The van der Waals surface area contributed by atoms with Crippen LogP contribution in [0.1, 0.15) is 20.8 Å². The van der Waals surface area contributed by atoms with Gasteiger partial charge in [-0.15, -0.1) is 0 Å². The minimum Gasteiger partial charge on any atom is -0.479 e. The average Bonchev–Trinajstić information content (AvgIpc) is 2.50. The molecule has 2 aliphatic heterocycles. The highest BCUT2D eigenvalue weighted by Gasteiger charge is 2.34. The molecule has 0 N–H and O–H groups in total. The first-order valence-electron chi connectivity index (χ1n) is 7.96. The number of carbonyl (C=O) groups is 2. The number of morpholine rings is 1. The fraction of sp³-hybridized carbons (Fsp3) is 0.529. The zero-order chi connectivity index (χ0) is 16.6. The molecule has 0 saturated carbocycles. The Morgan fingerprint density at radius 1 is 1.17 bits per heavy atom. The van der Waals surface area contributed by atoms with E-state index in [2.05, 4.69) is 0 Å². The fourth-order valence-electron chi connectivity index (χ4n) is 3.14. The second kappa shape index (κ2) is 6.20. The summed E-state index contributed by atoms with van der Waals surface area (Å²) in [6, 6.07) is 7.31. The van der Waals surface area contributed by atoms with Crippen LogP contribution >= 0.6 is 0 Å². The van der Waals surface area contributed by atoms with Crippen LogP contribution in [0, 0.1) is 0 Å². The number of amides is 2. The van der Waals surface area contributed by atoms with Crippen molar-refractivity contribution in [3.8, 4) is 5.75 Å². The Morgan fingerprint density at radius 3 is 2.52 bits per heavy atom. The fourth-order valence-corrected chi connectivity index (χ4v) is 3.14. The lowest BCUT2D eigenvalue weighted by molar-refractivity contribution is -0.143. The molecule has 2 heterocycles. The Bertz CT molecular complexity index is 608. The van der Waals surface area contributed by atoms with Crippen molar-refractivity contribution in [2.75, 3.05) is 24.5 Å². The third kappa shape index (κ3) is 3.17. The summed E-state index contributed by atoms with van der Waals surface area (Å²) in [5.41, 5.74) is 0.651. The molecule has 0 unspecified atom stereocenters. The normalized spacial score (nSPS) is 27.4. The quantitative estimate of drug-likeness (QED) is 0.828. The Labute approximate surface area is 136 Å². The zero-order valence-corrected chi connectivity index (χ0v) is 13.7. The first kappa shape index (κ1) is 15.8. The monoisotopic (exact) mass is 318 g/mol. The standard InChI is InChI=1S/C17H22N2O4/c1-11-8-18(9-12(2)22-11)16(20)10-19-14-6-4-5-7-15(14)23-13(3)17(19)21/h4-7,11-13H,8-10H2,1-3H3/t11-,12+,13-/m0/s1. The van der Waals surface area contributed by atoms with Crippen molar-refractivity contribution < 1.29 is 19.1 Å². The minimum atomic E-state index is -0.583. The molecule has 6 heteroatoms. The SMILES string of the molecule is C[C@@H]1CN(C(=O)CN2C(=O)[C@H](C)Oc3ccccc32)C[C@H](C)O1. The molecule has 2 aliphatic rings. The van der Waals surface area contributed by atoms with E-state index in [4.69, 9.17) is 9.47 Å². The summed E-state index contributed by atoms with van der Waals surface area (Å²) in [6.07, 6.45) is -0.566. The van der Waals surface area contributed by atoms with E-state index in [9.17, 15) is 9.59 Å². The number of fused-ring (bicyclic) bond motifs is 1. The van der Waals surface area contributed by atoms with Gasteiger partial charge < -0.3 is 14.4 Å². The third-order valence-corrected chi connectivity index (χ3v) is 4.14. The first-order chi connectivity index (χ1) is 11.0. The number of hydrogen-bond acceptors (Lipinski definition) is 4. The van der Waals surface area contributed by atoms with Crippen LogP contribution in [0.4, 0.5) is 5.69 Å². The van der Waals surface area contributed by atoms with Gasteiger partial charge in [-0.2, -0.15) is 0 Å². The van der Waals surface area contributed by atoms with Gasteiger partial charge in [-0.1, -0.05) is 12.1 Å². The lowest BCUT2D eigenvalue weighted by atomic mass is 10.1. The second-order valence-corrected chi connectivity index (χ2v) is 6.21. The predicted octanol–water partition coefficient (Wildman–Crippen LogP) is 1.44. The summed E-state index contributed by atoms with van der Waals surface area (Å²) in [5.74, 6) is 0.381. The van der Waals surface area contributed by atoms with Crippen LogP contribution in [0.5, 0.6) is 5.75 Å². The summed E-state index contributed by atoms with van der Waals surface area (Å²) in [7, 11) is 0. The third-order valence-electron chi connectivity index (χ3n) is 4.14. The van der Waals surface area contributed by atoms with Crippen molar-refractivity contribution in [1.82, 2.24) is 4.90 Å². The second-order valence-electron chi connectivity index (χ2n) is 6.21. The van der Waals surface area contributed by atoms with Gasteiger partial charge in [-0.3, -0.25) is 14.5 Å². The highest BCUT2D eigenvalue weighted by Crippen LogP contribution is 2.33. The maximum atomic E-state index is 12.7. The molecular weight excluding hydrogens is 296 g/mol. The molecule has 1 saturated heterocycles. The molecule has 3 rings (SSSR count). The summed E-state index contributed by atoms with van der Waals surface area (Å²) >= 11 is 0. The maximum absolute atomic E-state index is 12.7. The van der Waals surface area contributed by atoms with E-state index in [1.165, 1.54) is 4.90 Å². The van der Waals surface area contributed by atoms with E-state index < -0.39 is 6.10 Å². The number of benzene rings is 1. The molecule has 0 spiro atoms. The number of anilines is 1. The van der Waals surface area contributed by atoms with Gasteiger partial charge in [-0.05, 0) is 32.9 Å². The highest BCUT2D eigenvalue weighted by atomic mass is 16.5. The van der Waals surface area contributed by atoms with Crippen LogP contribution in [-0.2, 0) is 14.3 Å². The van der Waals surface area contributed by atoms with Gasteiger partial charge in [0.15, 0.2) is 6.10 Å². The maximum Gasteiger partial charge on any atom is 0.268 e. The molecular formula is C17H22N2O4. The Hall–Kier alpha value is -2.08. The first-order valence-corrected chi connectivity index (χ1v) is 7.96. The van der Waals surface area contributed by atoms with E-state index in [0.717, 1.165) is 0 Å². The molecule has 0 aliphatic carbocycles. The lowest BCUT2D eigenvalue weighted by Gasteiger charge is -2.38. The highest BCUT2D eigenvalue weighted by molar-refractivity contribution is 6.03. The minimum absolute atomic E-state index is 0.00861. The lowest BCUT2D eigenvalue weighted by Crippen LogP contribution is -2.54. The van der Waals surface area contributed by atoms with Gasteiger partial charge in [0.25, 0.3) is 5.91 Å². The Kier molecular flexibility index (Phi) is 4.26. The van der Waals surface area contributed by atoms with Gasteiger partial charge in [0, 0.05) is 13.1 Å². The van der Waals surface area contributed by atoms with Crippen LogP contribution in [0.25, 0.3) is 0 Å². The average molecular weight is 318 g/mol. The van der Waals surface area contributed by atoms with E-state index in [1.54, 1.807) is 17.9 Å². The zero-order valence-electron chi connectivity index (χ0n) is 13.7. The van der Waals surface area contributed by atoms with Gasteiger partial charge in [-0.25, -0.2) is 0 Å². The van der Waals surface area contributed by atoms with E-state index in [0.29, 0.717) is 24.5 Å². The summed E-state index contributed by atoms with van der Waals surface area (Å²) in [4.78, 5) is 28.4. The number of carbonyl (C=O) groups excluding carboxylic acids is 2. The molecule has 0 bridgehead atoms. The molecule has 124 valence electrons. The summed E-state index contributed by atoms with van der Waals surface area (Å²) in [5, 5.41) is 0. The van der Waals surface area contributed by atoms with Crippen molar-refractivity contribution >= 4 is 17.5 Å². The van der Waals surface area contributed by atoms with E-state index >= 15 is 0 Å². The predicted molar refractivity (Wildman–Crippen MR) is 85.5 cm³/mol. The molecule has 1 fully saturated rings. The van der Waals surface area contributed by atoms with Crippen LogP contribution in [0.15, 0.2) is 24.3 Å². The number of para-hydroxylation sites is 2. The summed E-state index contributed by atoms with van der Waals surface area (Å²) < 4.78 is 11.3. The van der Waals surface area contributed by atoms with E-state index in [-0.39, 0.29) is 30.6 Å². The van der Waals surface area contributed by atoms with Crippen molar-refractivity contribution in [2.45, 2.75) is 39.1 Å². The van der Waals surface area contributed by atoms with Crippen molar-refractivity contribution in [2.24, 2.45) is 0 Å². The largest absolute Gasteiger partial charge is 0.479 e. The van der Waals surface area contributed by atoms with Crippen molar-refractivity contribution in [1.29, 1.82) is 0 Å². The molecule has 0 radical (unpaired) electrons. The van der Waals surface area contributed by atoms with Crippen LogP contribution in [-0.4, -0.2) is 54.7 Å². The number of hydrogen-bond donors (Lipinski definition) is 0. The van der Waals surface area contributed by atoms with Crippen LogP contribution < -0.4 is 9.64 Å². The van der Waals surface area contributed by atoms with Gasteiger partial charge in [0.2, 0.25) is 5.91 Å². The molecule has 23 heavy (non-hydrogen) atoms. The van der Waals surface area contributed by atoms with Gasteiger partial charge in [0.05, 0.1) is 17.9 Å². The Balaban J connectivity index is 1.78. The number of rotatable bonds is 2. The molecule has 6 nitrogen and oxygen atoms in total. The molecule has 3 atom stereocenters.